The highest BCUT2D eigenvalue weighted by molar-refractivity contribution is 14.0. The Morgan fingerprint density at radius 1 is 1.15 bits per heavy atom. The molecule has 0 amide bonds. The summed E-state index contributed by atoms with van der Waals surface area (Å²) in [5.74, 6) is 1.81. The van der Waals surface area contributed by atoms with E-state index >= 15 is 0 Å². The van der Waals surface area contributed by atoms with E-state index < -0.39 is 0 Å². The summed E-state index contributed by atoms with van der Waals surface area (Å²) in [6, 6.07) is 0. The smallest absolute Gasteiger partial charge is 0.191 e. The van der Waals surface area contributed by atoms with Crippen molar-refractivity contribution in [1.82, 2.24) is 10.6 Å². The van der Waals surface area contributed by atoms with E-state index in [0.717, 1.165) is 51.1 Å². The molecule has 0 bridgehead atoms. The first kappa shape index (κ1) is 20.0. The molecule has 120 valence electrons. The summed E-state index contributed by atoms with van der Waals surface area (Å²) in [6.45, 7) is 8.89. The van der Waals surface area contributed by atoms with Crippen LogP contribution in [-0.4, -0.2) is 38.8 Å². The zero-order chi connectivity index (χ0) is 13.8. The minimum absolute atomic E-state index is 0. The monoisotopic (exact) mass is 397 g/mol. The first-order chi connectivity index (χ1) is 9.36. The number of aliphatic imine (C=N–C) groups is 1. The summed E-state index contributed by atoms with van der Waals surface area (Å²) in [4.78, 5) is 4.56. The summed E-state index contributed by atoms with van der Waals surface area (Å²) in [5, 5.41) is 6.65. The summed E-state index contributed by atoms with van der Waals surface area (Å²) in [5.41, 5.74) is 0. The molecule has 1 saturated carbocycles. The fraction of sp³-hybridized carbons (Fsp3) is 0.933. The van der Waals surface area contributed by atoms with Gasteiger partial charge >= 0.3 is 0 Å². The number of hydrogen-bond donors (Lipinski definition) is 2. The average Bonchev–Trinajstić information content (AvgIpc) is 3.22. The Morgan fingerprint density at radius 2 is 1.95 bits per heavy atom. The molecule has 0 heterocycles. The van der Waals surface area contributed by atoms with Gasteiger partial charge in [-0.05, 0) is 38.5 Å². The molecule has 20 heavy (non-hydrogen) atoms. The second kappa shape index (κ2) is 13.9. The van der Waals surface area contributed by atoms with Crippen LogP contribution in [0.25, 0.3) is 0 Å². The van der Waals surface area contributed by atoms with Crippen LogP contribution in [0.3, 0.4) is 0 Å². The van der Waals surface area contributed by atoms with Crippen molar-refractivity contribution in [2.75, 3.05) is 32.8 Å². The molecule has 4 nitrogen and oxygen atoms in total. The molecule has 1 aliphatic rings. The standard InChI is InChI=1S/C15H31N3O.HI/c1-3-5-6-10-17-15(16-4-2)18-11-7-12-19-13-14-8-9-14;/h14H,3-13H2,1-2H3,(H2,16,17,18);1H. The number of unbranched alkanes of at least 4 members (excludes halogenated alkanes) is 2. The van der Waals surface area contributed by atoms with Gasteiger partial charge in [-0.1, -0.05) is 19.8 Å². The zero-order valence-electron chi connectivity index (χ0n) is 13.1. The number of nitrogens with zero attached hydrogens (tertiary/aromatic N) is 1. The van der Waals surface area contributed by atoms with Crippen molar-refractivity contribution in [3.8, 4) is 0 Å². The van der Waals surface area contributed by atoms with Gasteiger partial charge in [-0.3, -0.25) is 4.99 Å². The van der Waals surface area contributed by atoms with Crippen molar-refractivity contribution >= 4 is 29.9 Å². The molecule has 1 aliphatic carbocycles. The average molecular weight is 397 g/mol. The van der Waals surface area contributed by atoms with Gasteiger partial charge in [0.15, 0.2) is 5.96 Å². The minimum Gasteiger partial charge on any atom is -0.381 e. The molecule has 0 aliphatic heterocycles. The highest BCUT2D eigenvalue weighted by Crippen LogP contribution is 2.28. The van der Waals surface area contributed by atoms with Gasteiger partial charge in [0.05, 0.1) is 0 Å². The van der Waals surface area contributed by atoms with Crippen LogP contribution in [0.5, 0.6) is 0 Å². The van der Waals surface area contributed by atoms with E-state index in [1.165, 1.54) is 32.1 Å². The van der Waals surface area contributed by atoms with Crippen molar-refractivity contribution in [2.45, 2.75) is 52.4 Å². The molecule has 0 aromatic heterocycles. The second-order valence-electron chi connectivity index (χ2n) is 5.27. The number of guanidine groups is 1. The SMILES string of the molecule is CCCCCNC(=NCCCOCC1CC1)NCC.I. The second-order valence-corrected chi connectivity index (χ2v) is 5.27. The largest absolute Gasteiger partial charge is 0.381 e. The van der Waals surface area contributed by atoms with Crippen molar-refractivity contribution in [3.05, 3.63) is 0 Å². The summed E-state index contributed by atoms with van der Waals surface area (Å²) in [6.07, 6.45) is 7.49. The van der Waals surface area contributed by atoms with Crippen molar-refractivity contribution in [1.29, 1.82) is 0 Å². The maximum atomic E-state index is 5.60. The van der Waals surface area contributed by atoms with E-state index in [9.17, 15) is 0 Å². The number of ether oxygens (including phenoxy) is 1. The Balaban J connectivity index is 0.00000361. The normalized spacial score (nSPS) is 14.8. The molecule has 0 aromatic carbocycles. The molecule has 1 fully saturated rings. The minimum atomic E-state index is 0. The molecule has 0 unspecified atom stereocenters. The third kappa shape index (κ3) is 11.8. The van der Waals surface area contributed by atoms with Crippen LogP contribution in [0.2, 0.25) is 0 Å². The first-order valence-corrected chi connectivity index (χ1v) is 7.96. The van der Waals surface area contributed by atoms with Gasteiger partial charge in [0, 0.05) is 32.8 Å². The van der Waals surface area contributed by atoms with E-state index in [-0.39, 0.29) is 24.0 Å². The molecule has 0 atom stereocenters. The predicted octanol–water partition coefficient (Wildman–Crippen LogP) is 3.17. The van der Waals surface area contributed by atoms with Gasteiger partial charge in [0.1, 0.15) is 0 Å². The maximum absolute atomic E-state index is 5.60. The van der Waals surface area contributed by atoms with Gasteiger partial charge < -0.3 is 15.4 Å². The van der Waals surface area contributed by atoms with Gasteiger partial charge in [0.2, 0.25) is 0 Å². The molecule has 0 saturated heterocycles. The molecular weight excluding hydrogens is 365 g/mol. The Bertz CT molecular complexity index is 245. The maximum Gasteiger partial charge on any atom is 0.191 e. The third-order valence-electron chi connectivity index (χ3n) is 3.18. The van der Waals surface area contributed by atoms with E-state index in [0.29, 0.717) is 0 Å². The van der Waals surface area contributed by atoms with Gasteiger partial charge in [-0.2, -0.15) is 0 Å². The Morgan fingerprint density at radius 3 is 2.60 bits per heavy atom. The van der Waals surface area contributed by atoms with Crippen LogP contribution in [0.1, 0.15) is 52.4 Å². The van der Waals surface area contributed by atoms with E-state index in [2.05, 4.69) is 29.5 Å². The number of rotatable bonds is 11. The Hall–Kier alpha value is -0.0400. The predicted molar refractivity (Wildman–Crippen MR) is 97.1 cm³/mol. The lowest BCUT2D eigenvalue weighted by molar-refractivity contribution is 0.123. The lowest BCUT2D eigenvalue weighted by atomic mass is 10.2. The Kier molecular flexibility index (Phi) is 13.9. The summed E-state index contributed by atoms with van der Waals surface area (Å²) in [7, 11) is 0. The van der Waals surface area contributed by atoms with Crippen LogP contribution in [0.15, 0.2) is 4.99 Å². The fourth-order valence-corrected chi connectivity index (χ4v) is 1.82. The van der Waals surface area contributed by atoms with Gasteiger partial charge in [-0.25, -0.2) is 0 Å². The molecule has 0 aromatic rings. The highest BCUT2D eigenvalue weighted by atomic mass is 127. The third-order valence-corrected chi connectivity index (χ3v) is 3.18. The van der Waals surface area contributed by atoms with Crippen molar-refractivity contribution in [2.24, 2.45) is 10.9 Å². The first-order valence-electron chi connectivity index (χ1n) is 7.96. The Labute approximate surface area is 141 Å². The lowest BCUT2D eigenvalue weighted by Crippen LogP contribution is -2.37. The number of halogens is 1. The lowest BCUT2D eigenvalue weighted by Gasteiger charge is -2.11. The molecular formula is C15H32IN3O. The molecule has 2 N–H and O–H groups in total. The van der Waals surface area contributed by atoms with E-state index in [4.69, 9.17) is 4.74 Å². The summed E-state index contributed by atoms with van der Waals surface area (Å²) >= 11 is 0. The van der Waals surface area contributed by atoms with E-state index in [1.807, 2.05) is 0 Å². The van der Waals surface area contributed by atoms with Crippen LogP contribution in [-0.2, 0) is 4.74 Å². The quantitative estimate of drug-likeness (QED) is 0.244. The zero-order valence-corrected chi connectivity index (χ0v) is 15.4. The van der Waals surface area contributed by atoms with Crippen molar-refractivity contribution in [3.63, 3.8) is 0 Å². The topological polar surface area (TPSA) is 45.7 Å². The fourth-order valence-electron chi connectivity index (χ4n) is 1.82. The van der Waals surface area contributed by atoms with Crippen LogP contribution < -0.4 is 10.6 Å². The molecule has 1 rings (SSSR count). The number of nitrogens with one attached hydrogen (secondary N) is 2. The van der Waals surface area contributed by atoms with Gasteiger partial charge in [-0.15, -0.1) is 24.0 Å². The highest BCUT2D eigenvalue weighted by Gasteiger charge is 2.20. The molecule has 0 radical (unpaired) electrons. The molecule has 0 spiro atoms. The van der Waals surface area contributed by atoms with E-state index in [1.54, 1.807) is 0 Å². The van der Waals surface area contributed by atoms with Gasteiger partial charge in [0.25, 0.3) is 0 Å². The van der Waals surface area contributed by atoms with Crippen molar-refractivity contribution < 1.29 is 4.74 Å². The number of hydrogen-bond acceptors (Lipinski definition) is 2. The van der Waals surface area contributed by atoms with Crippen LogP contribution in [0.4, 0.5) is 0 Å². The molecule has 5 heteroatoms. The van der Waals surface area contributed by atoms with Crippen LogP contribution in [0, 0.1) is 5.92 Å². The summed E-state index contributed by atoms with van der Waals surface area (Å²) < 4.78 is 5.60. The van der Waals surface area contributed by atoms with Crippen LogP contribution >= 0.6 is 24.0 Å².